The molecule has 0 bridgehead atoms. The van der Waals surface area contributed by atoms with Gasteiger partial charge in [-0.2, -0.15) is 13.2 Å². The molecule has 0 saturated heterocycles. The Morgan fingerprint density at radius 3 is 2.55 bits per heavy atom. The number of halogens is 4. The third-order valence-electron chi connectivity index (χ3n) is 3.69. The van der Waals surface area contributed by atoms with E-state index in [1.807, 2.05) is 0 Å². The minimum absolute atomic E-state index is 0.186. The van der Waals surface area contributed by atoms with Gasteiger partial charge < -0.3 is 10.1 Å². The number of benzene rings is 1. The molecule has 1 aromatic rings. The molecule has 0 heterocycles. The number of hydrogen-bond acceptors (Lipinski definition) is 2. The van der Waals surface area contributed by atoms with Crippen LogP contribution in [0.5, 0.6) is 5.75 Å². The highest BCUT2D eigenvalue weighted by atomic mass is 35.5. The lowest BCUT2D eigenvalue weighted by Gasteiger charge is -2.34. The van der Waals surface area contributed by atoms with Gasteiger partial charge in [0.05, 0.1) is 18.1 Å². The van der Waals surface area contributed by atoms with Crippen molar-refractivity contribution in [3.63, 3.8) is 0 Å². The second-order valence-electron chi connectivity index (χ2n) is 5.03. The van der Waals surface area contributed by atoms with Crippen LogP contribution in [0.15, 0.2) is 18.2 Å². The molecule has 0 aliphatic heterocycles. The normalized spacial score (nSPS) is 23.4. The van der Waals surface area contributed by atoms with Crippen LogP contribution in [0, 0.1) is 5.92 Å². The van der Waals surface area contributed by atoms with Crippen LogP contribution < -0.4 is 10.1 Å². The number of hydrogen-bond donors (Lipinski definition) is 1. The molecule has 2 unspecified atom stereocenters. The van der Waals surface area contributed by atoms with Crippen molar-refractivity contribution in [3.8, 4) is 5.75 Å². The van der Waals surface area contributed by atoms with E-state index in [1.54, 1.807) is 18.2 Å². The number of rotatable bonds is 3. The van der Waals surface area contributed by atoms with E-state index in [0.29, 0.717) is 29.3 Å². The number of methoxy groups -OCH3 is 1. The zero-order chi connectivity index (χ0) is 14.8. The Morgan fingerprint density at radius 2 is 1.95 bits per heavy atom. The second-order valence-corrected chi connectivity index (χ2v) is 5.44. The van der Waals surface area contributed by atoms with Gasteiger partial charge in [-0.3, -0.25) is 0 Å². The van der Waals surface area contributed by atoms with Gasteiger partial charge >= 0.3 is 6.18 Å². The molecule has 1 aliphatic rings. The van der Waals surface area contributed by atoms with Crippen molar-refractivity contribution in [3.05, 3.63) is 23.2 Å². The Hall–Kier alpha value is -1.10. The summed E-state index contributed by atoms with van der Waals surface area (Å²) in [7, 11) is 1.50. The largest absolute Gasteiger partial charge is 0.495 e. The van der Waals surface area contributed by atoms with E-state index < -0.39 is 18.1 Å². The topological polar surface area (TPSA) is 21.3 Å². The summed E-state index contributed by atoms with van der Waals surface area (Å²) >= 11 is 5.99. The van der Waals surface area contributed by atoms with Crippen molar-refractivity contribution in [2.75, 3.05) is 12.4 Å². The molecular formula is C14H17ClF3NO. The van der Waals surface area contributed by atoms with Gasteiger partial charge in [-0.1, -0.05) is 24.4 Å². The molecule has 1 aliphatic carbocycles. The minimum atomic E-state index is -4.16. The fourth-order valence-corrected chi connectivity index (χ4v) is 2.92. The average molecular weight is 308 g/mol. The summed E-state index contributed by atoms with van der Waals surface area (Å²) in [6, 6.07) is 4.35. The molecule has 2 atom stereocenters. The van der Waals surface area contributed by atoms with Crippen LogP contribution in [0.25, 0.3) is 0 Å². The van der Waals surface area contributed by atoms with Gasteiger partial charge in [0.2, 0.25) is 0 Å². The molecule has 20 heavy (non-hydrogen) atoms. The van der Waals surface area contributed by atoms with E-state index in [-0.39, 0.29) is 6.42 Å². The van der Waals surface area contributed by atoms with E-state index in [4.69, 9.17) is 16.3 Å². The summed E-state index contributed by atoms with van der Waals surface area (Å²) in [5, 5.41) is 3.36. The highest BCUT2D eigenvalue weighted by Gasteiger charge is 2.45. The van der Waals surface area contributed by atoms with E-state index in [9.17, 15) is 13.2 Å². The van der Waals surface area contributed by atoms with Gasteiger partial charge in [-0.25, -0.2) is 0 Å². The SMILES string of the molecule is COc1ccc(NC2CCCCC2C(F)(F)F)cc1Cl. The molecule has 6 heteroatoms. The van der Waals surface area contributed by atoms with Gasteiger partial charge in [-0.05, 0) is 31.0 Å². The maximum Gasteiger partial charge on any atom is 0.393 e. The van der Waals surface area contributed by atoms with Gasteiger partial charge in [0.25, 0.3) is 0 Å². The molecule has 0 radical (unpaired) electrons. The summed E-state index contributed by atoms with van der Waals surface area (Å²) in [4.78, 5) is 0. The maximum atomic E-state index is 13.0. The van der Waals surface area contributed by atoms with E-state index in [1.165, 1.54) is 7.11 Å². The molecule has 1 aromatic carbocycles. The van der Waals surface area contributed by atoms with Crippen LogP contribution >= 0.6 is 11.6 Å². The molecule has 1 N–H and O–H groups in total. The highest BCUT2D eigenvalue weighted by Crippen LogP contribution is 2.39. The molecular weight excluding hydrogens is 291 g/mol. The molecule has 112 valence electrons. The first-order valence-corrected chi connectivity index (χ1v) is 6.96. The molecule has 0 spiro atoms. The second kappa shape index (κ2) is 6.12. The smallest absolute Gasteiger partial charge is 0.393 e. The van der Waals surface area contributed by atoms with Crippen LogP contribution in [0.4, 0.5) is 18.9 Å². The lowest BCUT2D eigenvalue weighted by molar-refractivity contribution is -0.184. The zero-order valence-electron chi connectivity index (χ0n) is 11.1. The third-order valence-corrected chi connectivity index (χ3v) is 3.99. The van der Waals surface area contributed by atoms with Crippen molar-refractivity contribution >= 4 is 17.3 Å². The Balaban J connectivity index is 2.12. The standard InChI is InChI=1S/C14H17ClF3NO/c1-20-13-7-6-9(8-11(13)15)19-12-5-3-2-4-10(12)14(16,17)18/h6-8,10,12,19H,2-5H2,1H3. The van der Waals surface area contributed by atoms with E-state index in [0.717, 1.165) is 6.42 Å². The highest BCUT2D eigenvalue weighted by molar-refractivity contribution is 6.32. The van der Waals surface area contributed by atoms with Gasteiger partial charge in [-0.15, -0.1) is 0 Å². The van der Waals surface area contributed by atoms with Crippen molar-refractivity contribution < 1.29 is 17.9 Å². The van der Waals surface area contributed by atoms with Crippen molar-refractivity contribution in [2.45, 2.75) is 37.9 Å². The molecule has 2 rings (SSSR count). The predicted molar refractivity (Wildman–Crippen MR) is 73.4 cm³/mol. The first-order chi connectivity index (χ1) is 9.41. The monoisotopic (exact) mass is 307 g/mol. The van der Waals surface area contributed by atoms with Crippen molar-refractivity contribution in [1.82, 2.24) is 0 Å². The fraction of sp³-hybridized carbons (Fsp3) is 0.571. The minimum Gasteiger partial charge on any atom is -0.495 e. The summed E-state index contributed by atoms with van der Waals surface area (Å²) in [6.07, 6.45) is -2.01. The average Bonchev–Trinajstić information content (AvgIpc) is 2.38. The Morgan fingerprint density at radius 1 is 1.25 bits per heavy atom. The van der Waals surface area contributed by atoms with Crippen LogP contribution in [0.1, 0.15) is 25.7 Å². The molecule has 0 amide bonds. The summed E-state index contributed by atoms with van der Waals surface area (Å²) < 4.78 is 44.0. The fourth-order valence-electron chi connectivity index (χ4n) is 2.67. The van der Waals surface area contributed by atoms with Crippen LogP contribution in [0.2, 0.25) is 5.02 Å². The lowest BCUT2D eigenvalue weighted by atomic mass is 9.84. The molecule has 0 aromatic heterocycles. The third kappa shape index (κ3) is 3.51. The van der Waals surface area contributed by atoms with Crippen molar-refractivity contribution in [2.24, 2.45) is 5.92 Å². The summed E-state index contributed by atoms with van der Waals surface area (Å²) in [5.74, 6) is -0.787. The molecule has 1 fully saturated rings. The number of anilines is 1. The lowest BCUT2D eigenvalue weighted by Crippen LogP contribution is -2.41. The number of alkyl halides is 3. The summed E-state index contributed by atoms with van der Waals surface area (Å²) in [5.41, 5.74) is 0.594. The van der Waals surface area contributed by atoms with Crippen LogP contribution in [-0.2, 0) is 0 Å². The maximum absolute atomic E-state index is 13.0. The molecule has 2 nitrogen and oxygen atoms in total. The van der Waals surface area contributed by atoms with Crippen LogP contribution in [-0.4, -0.2) is 19.3 Å². The Bertz CT molecular complexity index is 464. The van der Waals surface area contributed by atoms with Crippen LogP contribution in [0.3, 0.4) is 0 Å². The Kier molecular flexibility index (Phi) is 4.68. The molecule has 1 saturated carbocycles. The quantitative estimate of drug-likeness (QED) is 0.859. The predicted octanol–water partition coefficient (Wildman–Crippen LogP) is 4.88. The zero-order valence-corrected chi connectivity index (χ0v) is 11.9. The van der Waals surface area contributed by atoms with E-state index in [2.05, 4.69) is 5.32 Å². The number of nitrogens with one attached hydrogen (secondary N) is 1. The van der Waals surface area contributed by atoms with Gasteiger partial charge in [0.1, 0.15) is 5.75 Å². The first kappa shape index (κ1) is 15.3. The van der Waals surface area contributed by atoms with Gasteiger partial charge in [0.15, 0.2) is 0 Å². The number of ether oxygens (including phenoxy) is 1. The first-order valence-electron chi connectivity index (χ1n) is 6.58. The van der Waals surface area contributed by atoms with Gasteiger partial charge in [0, 0.05) is 11.7 Å². The summed E-state index contributed by atoms with van der Waals surface area (Å²) in [6.45, 7) is 0. The van der Waals surface area contributed by atoms with Crippen molar-refractivity contribution in [1.29, 1.82) is 0 Å². The Labute approximate surface area is 121 Å². The van der Waals surface area contributed by atoms with E-state index >= 15 is 0 Å².